The third-order valence-corrected chi connectivity index (χ3v) is 5.63. The van der Waals surface area contributed by atoms with Gasteiger partial charge in [-0.25, -0.2) is 4.98 Å². The number of carbonyl (C=O) groups is 1. The third-order valence-electron chi connectivity index (χ3n) is 4.64. The van der Waals surface area contributed by atoms with Crippen LogP contribution in [0.2, 0.25) is 0 Å². The number of Topliss-reactive ketones (excluding diaryl/α,β-unsaturated/α-hetero) is 1. The number of hydrogen-bond donors (Lipinski definition) is 0. The molecule has 0 saturated carbocycles. The fraction of sp³-hybridized carbons (Fsp3) is 0.381. The number of hydrogen-bond acceptors (Lipinski definition) is 5. The van der Waals surface area contributed by atoms with Crippen molar-refractivity contribution in [3.05, 3.63) is 52.7 Å². The molecule has 0 fully saturated rings. The Bertz CT molecular complexity index is 825. The Morgan fingerprint density at radius 1 is 1.19 bits per heavy atom. The summed E-state index contributed by atoms with van der Waals surface area (Å²) >= 11 is 1.35. The molecule has 0 bridgehead atoms. The quantitative estimate of drug-likeness (QED) is 0.572. The number of carbonyl (C=O) groups excluding carboxylic acids is 1. The van der Waals surface area contributed by atoms with E-state index in [0.29, 0.717) is 16.2 Å². The van der Waals surface area contributed by atoms with Gasteiger partial charge in [0.25, 0.3) is 0 Å². The van der Waals surface area contributed by atoms with E-state index >= 15 is 0 Å². The Morgan fingerprint density at radius 3 is 2.62 bits per heavy atom. The monoisotopic (exact) mass is 366 g/mol. The van der Waals surface area contributed by atoms with Gasteiger partial charge in [0.2, 0.25) is 0 Å². The number of aryl methyl sites for hydroxylation is 2. The van der Waals surface area contributed by atoms with E-state index in [1.807, 2.05) is 6.07 Å². The van der Waals surface area contributed by atoms with E-state index in [4.69, 9.17) is 9.72 Å². The van der Waals surface area contributed by atoms with Crippen LogP contribution in [0.1, 0.15) is 52.9 Å². The summed E-state index contributed by atoms with van der Waals surface area (Å²) in [6, 6.07) is 11.3. The normalized spacial score (nSPS) is 13.8. The number of ketones is 1. The van der Waals surface area contributed by atoms with Crippen molar-refractivity contribution >= 4 is 17.5 Å². The number of benzene rings is 1. The molecule has 0 saturated heterocycles. The highest BCUT2D eigenvalue weighted by atomic mass is 32.2. The number of nitriles is 1. The minimum atomic E-state index is 0.0232. The highest BCUT2D eigenvalue weighted by Gasteiger charge is 2.15. The van der Waals surface area contributed by atoms with E-state index in [0.717, 1.165) is 37.1 Å². The highest BCUT2D eigenvalue weighted by molar-refractivity contribution is 8.00. The van der Waals surface area contributed by atoms with Crippen molar-refractivity contribution in [1.29, 1.82) is 5.26 Å². The van der Waals surface area contributed by atoms with Crippen molar-refractivity contribution in [1.82, 2.24) is 4.98 Å². The smallest absolute Gasteiger partial charge is 0.173 e. The molecule has 1 heterocycles. The van der Waals surface area contributed by atoms with Crippen molar-refractivity contribution < 1.29 is 9.53 Å². The maximum Gasteiger partial charge on any atom is 0.173 e. The third kappa shape index (κ3) is 4.44. The van der Waals surface area contributed by atoms with E-state index < -0.39 is 0 Å². The van der Waals surface area contributed by atoms with E-state index in [1.54, 1.807) is 31.4 Å². The van der Waals surface area contributed by atoms with Gasteiger partial charge in [-0.2, -0.15) is 5.26 Å². The van der Waals surface area contributed by atoms with Gasteiger partial charge in [-0.15, -0.1) is 0 Å². The molecular formula is C21H22N2O2S. The fourth-order valence-electron chi connectivity index (χ4n) is 3.15. The fourth-order valence-corrected chi connectivity index (χ4v) is 4.02. The maximum atomic E-state index is 12.4. The molecule has 0 amide bonds. The van der Waals surface area contributed by atoms with E-state index in [9.17, 15) is 10.1 Å². The molecule has 0 atom stereocenters. The van der Waals surface area contributed by atoms with Crippen molar-refractivity contribution in [2.24, 2.45) is 0 Å². The number of thioether (sulfide) groups is 1. The molecule has 3 rings (SSSR count). The van der Waals surface area contributed by atoms with Crippen LogP contribution in [0.4, 0.5) is 0 Å². The Labute approximate surface area is 158 Å². The lowest BCUT2D eigenvalue weighted by Gasteiger charge is -2.15. The van der Waals surface area contributed by atoms with Crippen molar-refractivity contribution in [2.75, 3.05) is 12.9 Å². The average molecular weight is 366 g/mol. The zero-order valence-corrected chi connectivity index (χ0v) is 15.8. The van der Waals surface area contributed by atoms with E-state index in [2.05, 4.69) is 6.07 Å². The van der Waals surface area contributed by atoms with Crippen LogP contribution in [0.15, 0.2) is 35.4 Å². The van der Waals surface area contributed by atoms with Crippen LogP contribution in [-0.4, -0.2) is 23.6 Å². The molecule has 0 aliphatic heterocycles. The van der Waals surface area contributed by atoms with Gasteiger partial charge in [0.1, 0.15) is 16.8 Å². The van der Waals surface area contributed by atoms with Gasteiger partial charge in [0, 0.05) is 11.3 Å². The van der Waals surface area contributed by atoms with E-state index in [1.165, 1.54) is 30.2 Å². The summed E-state index contributed by atoms with van der Waals surface area (Å²) < 4.78 is 5.12. The lowest BCUT2D eigenvalue weighted by Crippen LogP contribution is -2.07. The number of rotatable bonds is 5. The minimum absolute atomic E-state index is 0.0232. The molecule has 0 unspecified atom stereocenters. The standard InChI is InChI=1S/C21H22N2O2S/c1-25-18-10-8-15(9-11-18)20(24)14-26-21-17(13-22)12-16-6-4-2-3-5-7-19(16)23-21/h8-12H,2-7,14H2,1H3. The zero-order chi connectivity index (χ0) is 18.4. The van der Waals surface area contributed by atoms with Gasteiger partial charge >= 0.3 is 0 Å². The largest absolute Gasteiger partial charge is 0.497 e. The summed E-state index contributed by atoms with van der Waals surface area (Å²) in [5, 5.41) is 10.2. The van der Waals surface area contributed by atoms with Crippen LogP contribution in [0.5, 0.6) is 5.75 Å². The number of aromatic nitrogens is 1. The Hall–Kier alpha value is -2.32. The molecule has 1 aliphatic carbocycles. The Kier molecular flexibility index (Phi) is 6.30. The molecule has 0 N–H and O–H groups in total. The van der Waals surface area contributed by atoms with Crippen molar-refractivity contribution in [2.45, 2.75) is 43.6 Å². The Morgan fingerprint density at radius 2 is 1.92 bits per heavy atom. The lowest BCUT2D eigenvalue weighted by molar-refractivity contribution is 0.102. The maximum absolute atomic E-state index is 12.4. The predicted octanol–water partition coefficient (Wildman–Crippen LogP) is 4.60. The number of pyridine rings is 1. The second-order valence-electron chi connectivity index (χ2n) is 6.41. The molecule has 26 heavy (non-hydrogen) atoms. The summed E-state index contributed by atoms with van der Waals surface area (Å²) in [6.07, 6.45) is 6.73. The van der Waals surface area contributed by atoms with Gasteiger partial charge < -0.3 is 4.74 Å². The van der Waals surface area contributed by atoms with Crippen LogP contribution in [0, 0.1) is 11.3 Å². The van der Waals surface area contributed by atoms with Crippen LogP contribution < -0.4 is 4.74 Å². The van der Waals surface area contributed by atoms with E-state index in [-0.39, 0.29) is 11.5 Å². The summed E-state index contributed by atoms with van der Waals surface area (Å²) in [6.45, 7) is 0. The van der Waals surface area contributed by atoms with Gasteiger partial charge in [-0.3, -0.25) is 4.79 Å². The summed E-state index contributed by atoms with van der Waals surface area (Å²) in [4.78, 5) is 17.2. The van der Waals surface area contributed by atoms with Gasteiger partial charge in [0.05, 0.1) is 18.4 Å². The highest BCUT2D eigenvalue weighted by Crippen LogP contribution is 2.27. The summed E-state index contributed by atoms with van der Waals surface area (Å²) in [7, 11) is 1.60. The lowest BCUT2D eigenvalue weighted by atomic mass is 9.96. The molecule has 4 nitrogen and oxygen atoms in total. The van der Waals surface area contributed by atoms with Crippen LogP contribution in [0.25, 0.3) is 0 Å². The average Bonchev–Trinajstić information content (AvgIpc) is 2.66. The topological polar surface area (TPSA) is 63.0 Å². The van der Waals surface area contributed by atoms with Gasteiger partial charge in [-0.05, 0) is 61.6 Å². The zero-order valence-electron chi connectivity index (χ0n) is 15.0. The Balaban J connectivity index is 1.74. The number of nitrogens with zero attached hydrogens (tertiary/aromatic N) is 2. The molecule has 1 aromatic heterocycles. The molecule has 1 aliphatic rings. The summed E-state index contributed by atoms with van der Waals surface area (Å²) in [5.41, 5.74) is 3.52. The minimum Gasteiger partial charge on any atom is -0.497 e. The summed E-state index contributed by atoms with van der Waals surface area (Å²) in [5.74, 6) is 1.02. The SMILES string of the molecule is COc1ccc(C(=O)CSc2nc3c(cc2C#N)CCCCCC3)cc1. The van der Waals surface area contributed by atoms with Crippen LogP contribution in [-0.2, 0) is 12.8 Å². The molecular weight excluding hydrogens is 344 g/mol. The van der Waals surface area contributed by atoms with Crippen molar-refractivity contribution in [3.8, 4) is 11.8 Å². The molecule has 1 aromatic carbocycles. The number of ether oxygens (including phenoxy) is 1. The van der Waals surface area contributed by atoms with Crippen molar-refractivity contribution in [3.63, 3.8) is 0 Å². The molecule has 0 spiro atoms. The second-order valence-corrected chi connectivity index (χ2v) is 7.38. The first-order valence-corrected chi connectivity index (χ1v) is 9.93. The molecule has 2 aromatic rings. The first-order valence-electron chi connectivity index (χ1n) is 8.94. The predicted molar refractivity (Wildman–Crippen MR) is 103 cm³/mol. The molecule has 5 heteroatoms. The first kappa shape index (κ1) is 18.5. The van der Waals surface area contributed by atoms with Crippen LogP contribution >= 0.6 is 11.8 Å². The first-order chi connectivity index (χ1) is 12.7. The molecule has 134 valence electrons. The second kappa shape index (κ2) is 8.86. The van der Waals surface area contributed by atoms with Gasteiger partial charge in [0.15, 0.2) is 5.78 Å². The van der Waals surface area contributed by atoms with Crippen LogP contribution in [0.3, 0.4) is 0 Å². The van der Waals surface area contributed by atoms with Gasteiger partial charge in [-0.1, -0.05) is 24.6 Å². The number of methoxy groups -OCH3 is 1. The molecule has 0 radical (unpaired) electrons. The number of fused-ring (bicyclic) bond motifs is 1.